The summed E-state index contributed by atoms with van der Waals surface area (Å²) < 4.78 is 17.7. The average molecular weight is 453 g/mol. The number of ether oxygens (including phenoxy) is 3. The van der Waals surface area contributed by atoms with Crippen molar-refractivity contribution >= 4 is 5.97 Å². The van der Waals surface area contributed by atoms with Crippen LogP contribution in [0.3, 0.4) is 0 Å². The number of carbonyl (C=O) groups is 1. The molecule has 0 radical (unpaired) electrons. The lowest BCUT2D eigenvalue weighted by Crippen LogP contribution is -2.47. The molecule has 1 spiro atoms. The summed E-state index contributed by atoms with van der Waals surface area (Å²) in [4.78, 5) is 11.5. The number of hydrogen-bond donors (Lipinski definition) is 2. The zero-order valence-electron chi connectivity index (χ0n) is 19.9. The third kappa shape index (κ3) is 8.12. The first-order valence-corrected chi connectivity index (χ1v) is 13.1. The van der Waals surface area contributed by atoms with Gasteiger partial charge in [0.15, 0.2) is 5.79 Å². The molecule has 0 saturated carbocycles. The van der Waals surface area contributed by atoms with Crippen molar-refractivity contribution in [3.63, 3.8) is 0 Å². The summed E-state index contributed by atoms with van der Waals surface area (Å²) in [6, 6.07) is 0. The number of carbonyl (C=O) groups excluding carboxylic acids is 1. The molecule has 0 amide bonds. The minimum Gasteiger partial charge on any atom is -0.456 e. The van der Waals surface area contributed by atoms with Crippen molar-refractivity contribution < 1.29 is 29.2 Å². The molecule has 3 unspecified atom stereocenters. The number of unbranched alkanes of at least 4 members (excludes halogenated alkanes) is 10. The van der Waals surface area contributed by atoms with Crippen molar-refractivity contribution in [1.29, 1.82) is 0 Å². The van der Waals surface area contributed by atoms with Crippen molar-refractivity contribution in [3.05, 3.63) is 12.2 Å². The van der Waals surface area contributed by atoms with Gasteiger partial charge in [0.05, 0.1) is 18.3 Å². The Morgan fingerprint density at radius 2 is 1.66 bits per heavy atom. The molecular weight excluding hydrogens is 408 g/mol. The van der Waals surface area contributed by atoms with Crippen LogP contribution in [0, 0.1) is 0 Å². The number of rotatable bonds is 14. The minimum atomic E-state index is -0.928. The Bertz CT molecular complexity index is 593. The molecule has 6 atom stereocenters. The van der Waals surface area contributed by atoms with Crippen LogP contribution < -0.4 is 0 Å². The minimum absolute atomic E-state index is 0.249. The molecule has 6 nitrogen and oxygen atoms in total. The zero-order valence-corrected chi connectivity index (χ0v) is 19.9. The lowest BCUT2D eigenvalue weighted by molar-refractivity contribution is -0.285. The predicted molar refractivity (Wildman–Crippen MR) is 123 cm³/mol. The van der Waals surface area contributed by atoms with Crippen LogP contribution in [0.15, 0.2) is 12.2 Å². The van der Waals surface area contributed by atoms with Gasteiger partial charge in [-0.2, -0.15) is 0 Å². The van der Waals surface area contributed by atoms with Crippen molar-refractivity contribution in [2.75, 3.05) is 0 Å². The van der Waals surface area contributed by atoms with Gasteiger partial charge in [0.25, 0.3) is 0 Å². The maximum Gasteiger partial charge on any atom is 0.330 e. The zero-order chi connectivity index (χ0) is 22.8. The summed E-state index contributed by atoms with van der Waals surface area (Å²) in [7, 11) is 0. The average Bonchev–Trinajstić information content (AvgIpc) is 3.07. The van der Waals surface area contributed by atoms with Crippen LogP contribution in [0.2, 0.25) is 0 Å². The molecule has 3 rings (SSSR count). The van der Waals surface area contributed by atoms with E-state index in [2.05, 4.69) is 6.92 Å². The van der Waals surface area contributed by atoms with E-state index in [1.165, 1.54) is 63.9 Å². The Morgan fingerprint density at radius 1 is 1.00 bits per heavy atom. The molecule has 0 aromatic rings. The van der Waals surface area contributed by atoms with Gasteiger partial charge >= 0.3 is 5.97 Å². The molecule has 2 fully saturated rings. The molecule has 6 heteroatoms. The summed E-state index contributed by atoms with van der Waals surface area (Å²) in [5, 5.41) is 20.9. The lowest BCUT2D eigenvalue weighted by Gasteiger charge is -2.40. The van der Waals surface area contributed by atoms with Crippen molar-refractivity contribution in [2.45, 2.75) is 146 Å². The van der Waals surface area contributed by atoms with E-state index in [1.807, 2.05) is 0 Å². The fourth-order valence-corrected chi connectivity index (χ4v) is 5.39. The van der Waals surface area contributed by atoms with E-state index in [0.717, 1.165) is 19.3 Å². The highest BCUT2D eigenvalue weighted by Gasteiger charge is 2.53. The van der Waals surface area contributed by atoms with Gasteiger partial charge in [-0.3, -0.25) is 0 Å². The van der Waals surface area contributed by atoms with Crippen LogP contribution in [-0.2, 0) is 19.0 Å². The second kappa shape index (κ2) is 13.1. The fraction of sp³-hybridized carbons (Fsp3) is 0.885. The Kier molecular flexibility index (Phi) is 10.5. The summed E-state index contributed by atoms with van der Waals surface area (Å²) in [6.45, 7) is 2.26. The third-order valence-electron chi connectivity index (χ3n) is 7.06. The normalized spacial score (nSPS) is 32.8. The largest absolute Gasteiger partial charge is 0.456 e. The highest BCUT2D eigenvalue weighted by atomic mass is 16.7. The summed E-state index contributed by atoms with van der Waals surface area (Å²) in [5.41, 5.74) is 0. The van der Waals surface area contributed by atoms with E-state index in [-0.39, 0.29) is 24.3 Å². The van der Waals surface area contributed by atoms with Crippen LogP contribution in [0.25, 0.3) is 0 Å². The Hall–Kier alpha value is -0.950. The molecule has 0 aliphatic carbocycles. The molecule has 0 aromatic heterocycles. The van der Waals surface area contributed by atoms with Crippen LogP contribution in [0.5, 0.6) is 0 Å². The van der Waals surface area contributed by atoms with Crippen LogP contribution >= 0.6 is 0 Å². The quantitative estimate of drug-likeness (QED) is 0.287. The number of esters is 1. The fourth-order valence-electron chi connectivity index (χ4n) is 5.39. The van der Waals surface area contributed by atoms with E-state index in [4.69, 9.17) is 14.2 Å². The second-order valence-corrected chi connectivity index (χ2v) is 10.1. The first-order chi connectivity index (χ1) is 15.5. The van der Waals surface area contributed by atoms with E-state index >= 15 is 0 Å². The maximum atomic E-state index is 11.5. The van der Waals surface area contributed by atoms with Gasteiger partial charge in [0.1, 0.15) is 12.2 Å². The third-order valence-corrected chi connectivity index (χ3v) is 7.06. The van der Waals surface area contributed by atoms with E-state index in [0.29, 0.717) is 25.7 Å². The topological polar surface area (TPSA) is 85.2 Å². The van der Waals surface area contributed by atoms with Gasteiger partial charge in [-0.25, -0.2) is 4.79 Å². The molecule has 3 heterocycles. The van der Waals surface area contributed by atoms with E-state index < -0.39 is 18.0 Å². The Balaban J connectivity index is 1.28. The molecule has 2 saturated heterocycles. The number of fused-ring (bicyclic) bond motifs is 1. The first kappa shape index (κ1) is 25.7. The molecular formula is C26H44O6. The number of aliphatic hydroxyl groups excluding tert-OH is 2. The molecule has 3 aliphatic heterocycles. The second-order valence-electron chi connectivity index (χ2n) is 10.1. The number of hydrogen-bond acceptors (Lipinski definition) is 6. The highest BCUT2D eigenvalue weighted by molar-refractivity contribution is 5.83. The van der Waals surface area contributed by atoms with E-state index in [1.54, 1.807) is 6.08 Å². The van der Waals surface area contributed by atoms with Gasteiger partial charge in [-0.15, -0.1) is 0 Å². The predicted octanol–water partition coefficient (Wildman–Crippen LogP) is 4.95. The molecule has 2 N–H and O–H groups in total. The molecule has 3 aliphatic rings. The van der Waals surface area contributed by atoms with Crippen molar-refractivity contribution in [1.82, 2.24) is 0 Å². The lowest BCUT2D eigenvalue weighted by atomic mass is 9.92. The molecule has 0 aromatic carbocycles. The Labute approximate surface area is 193 Å². The van der Waals surface area contributed by atoms with Crippen LogP contribution in [0.1, 0.15) is 110 Å². The van der Waals surface area contributed by atoms with Gasteiger partial charge in [0.2, 0.25) is 0 Å². The summed E-state index contributed by atoms with van der Waals surface area (Å²) in [6.07, 6.45) is 18.0. The van der Waals surface area contributed by atoms with Crippen molar-refractivity contribution in [3.8, 4) is 0 Å². The van der Waals surface area contributed by atoms with Crippen LogP contribution in [-0.4, -0.2) is 52.5 Å². The van der Waals surface area contributed by atoms with E-state index in [9.17, 15) is 15.0 Å². The van der Waals surface area contributed by atoms with Crippen molar-refractivity contribution in [2.24, 2.45) is 0 Å². The summed E-state index contributed by atoms with van der Waals surface area (Å²) in [5.74, 6) is -1.29. The SMILES string of the molecule is CCCCCCCCCCCCC[C@@H](O)CC1CC(O)CC2(C[C@H]3OC(=O)C=C[C@H]3O2)O1. The summed E-state index contributed by atoms with van der Waals surface area (Å²) >= 11 is 0. The number of aliphatic hydroxyl groups is 2. The van der Waals surface area contributed by atoms with Gasteiger partial charge in [0, 0.05) is 18.9 Å². The van der Waals surface area contributed by atoms with Crippen LogP contribution in [0.4, 0.5) is 0 Å². The molecule has 0 bridgehead atoms. The van der Waals surface area contributed by atoms with Gasteiger partial charge < -0.3 is 24.4 Å². The monoisotopic (exact) mass is 452 g/mol. The highest BCUT2D eigenvalue weighted by Crippen LogP contribution is 2.43. The molecule has 32 heavy (non-hydrogen) atoms. The van der Waals surface area contributed by atoms with Gasteiger partial charge in [-0.05, 0) is 25.3 Å². The first-order valence-electron chi connectivity index (χ1n) is 13.1. The molecule has 184 valence electrons. The smallest absolute Gasteiger partial charge is 0.330 e. The maximum absolute atomic E-state index is 11.5. The standard InChI is InChI=1S/C26H44O6/c1-2-3-4-5-6-7-8-9-10-11-12-13-20(27)16-22-17-21(28)18-26(31-22)19-24-23(32-26)14-15-25(29)30-24/h14-15,20-24,27-28H,2-13,16-19H2,1H3/t20-,21?,22?,23-,24-,26?/m1/s1. The Morgan fingerprint density at radius 3 is 2.34 bits per heavy atom. The van der Waals surface area contributed by atoms with Gasteiger partial charge in [-0.1, -0.05) is 77.6 Å².